The highest BCUT2D eigenvalue weighted by atomic mass is 19.3. The van der Waals surface area contributed by atoms with E-state index in [0.717, 1.165) is 19.2 Å². The molecule has 162 valence electrons. The Labute approximate surface area is 165 Å². The van der Waals surface area contributed by atoms with Crippen LogP contribution in [0, 0.1) is 5.82 Å². The zero-order chi connectivity index (χ0) is 22.2. The lowest BCUT2D eigenvalue weighted by Gasteiger charge is -2.21. The molecule has 11 heteroatoms. The van der Waals surface area contributed by atoms with E-state index < -0.39 is 54.3 Å². The van der Waals surface area contributed by atoms with Crippen molar-refractivity contribution in [3.63, 3.8) is 0 Å². The molecule has 0 aliphatic carbocycles. The molecule has 1 aromatic rings. The fraction of sp³-hybridized carbons (Fsp3) is 0.500. The summed E-state index contributed by atoms with van der Waals surface area (Å²) >= 11 is 0. The van der Waals surface area contributed by atoms with Gasteiger partial charge < -0.3 is 24.8 Å². The van der Waals surface area contributed by atoms with Gasteiger partial charge in [0.05, 0.1) is 19.6 Å². The first-order valence-electron chi connectivity index (χ1n) is 8.48. The van der Waals surface area contributed by atoms with Gasteiger partial charge in [0, 0.05) is 0 Å². The minimum absolute atomic E-state index is 0.123. The Morgan fingerprint density at radius 1 is 1.17 bits per heavy atom. The molecular formula is C18H23F3N2O6. The van der Waals surface area contributed by atoms with Crippen molar-refractivity contribution in [2.75, 3.05) is 13.7 Å². The molecule has 2 N–H and O–H groups in total. The van der Waals surface area contributed by atoms with Crippen molar-refractivity contribution >= 4 is 18.0 Å². The highest BCUT2D eigenvalue weighted by Gasteiger charge is 2.22. The van der Waals surface area contributed by atoms with E-state index in [9.17, 15) is 27.6 Å². The van der Waals surface area contributed by atoms with Crippen LogP contribution < -0.4 is 15.4 Å². The number of ether oxygens (including phenoxy) is 3. The van der Waals surface area contributed by atoms with E-state index in [1.54, 1.807) is 20.8 Å². The SMILES string of the molecule is COC(=O)C[C@H](NC(=O)CNC(=O)OC(C)(C)C)c1ccc(F)c(OC(F)F)c1. The molecule has 0 bridgehead atoms. The number of hydrogen-bond donors (Lipinski definition) is 2. The maximum atomic E-state index is 13.6. The van der Waals surface area contributed by atoms with Gasteiger partial charge >= 0.3 is 18.7 Å². The van der Waals surface area contributed by atoms with Crippen LogP contribution in [0.2, 0.25) is 0 Å². The molecule has 0 aromatic heterocycles. The maximum absolute atomic E-state index is 13.6. The number of carbonyl (C=O) groups is 3. The molecule has 0 saturated heterocycles. The fourth-order valence-electron chi connectivity index (χ4n) is 2.14. The normalized spacial score (nSPS) is 12.1. The minimum atomic E-state index is -3.26. The summed E-state index contributed by atoms with van der Waals surface area (Å²) in [6.07, 6.45) is -1.19. The molecule has 1 aromatic carbocycles. The summed E-state index contributed by atoms with van der Waals surface area (Å²) in [6.45, 7) is 1.20. The number of nitrogens with one attached hydrogen (secondary N) is 2. The number of alkyl carbamates (subject to hydrolysis) is 1. The van der Waals surface area contributed by atoms with Crippen LogP contribution in [0.25, 0.3) is 0 Å². The van der Waals surface area contributed by atoms with Crippen molar-refractivity contribution in [3.8, 4) is 5.75 Å². The summed E-state index contributed by atoms with van der Waals surface area (Å²) < 4.78 is 52.1. The van der Waals surface area contributed by atoms with Gasteiger partial charge in [-0.15, -0.1) is 0 Å². The van der Waals surface area contributed by atoms with Crippen LogP contribution in [0.4, 0.5) is 18.0 Å². The molecular weight excluding hydrogens is 397 g/mol. The van der Waals surface area contributed by atoms with E-state index in [1.165, 1.54) is 6.07 Å². The van der Waals surface area contributed by atoms with E-state index in [1.807, 2.05) is 0 Å². The predicted octanol–water partition coefficient (Wildman–Crippen LogP) is 2.67. The third kappa shape index (κ3) is 9.17. The van der Waals surface area contributed by atoms with Crippen molar-refractivity contribution in [3.05, 3.63) is 29.6 Å². The summed E-state index contributed by atoms with van der Waals surface area (Å²) in [5.41, 5.74) is -0.638. The molecule has 8 nitrogen and oxygen atoms in total. The number of esters is 1. The Morgan fingerprint density at radius 3 is 2.38 bits per heavy atom. The van der Waals surface area contributed by atoms with Gasteiger partial charge in [0.15, 0.2) is 11.6 Å². The van der Waals surface area contributed by atoms with E-state index in [0.29, 0.717) is 0 Å². The number of hydrogen-bond acceptors (Lipinski definition) is 6. The molecule has 1 rings (SSSR count). The molecule has 0 spiro atoms. The Bertz CT molecular complexity index is 737. The molecule has 0 radical (unpaired) electrons. The third-order valence-electron chi connectivity index (χ3n) is 3.30. The zero-order valence-electron chi connectivity index (χ0n) is 16.4. The second-order valence-electron chi connectivity index (χ2n) is 6.82. The first-order valence-corrected chi connectivity index (χ1v) is 8.48. The molecule has 0 heterocycles. The summed E-state index contributed by atoms with van der Waals surface area (Å²) in [7, 11) is 1.13. The number of halogens is 3. The zero-order valence-corrected chi connectivity index (χ0v) is 16.4. The van der Waals surface area contributed by atoms with E-state index in [4.69, 9.17) is 4.74 Å². The number of benzene rings is 1. The minimum Gasteiger partial charge on any atom is -0.469 e. The number of methoxy groups -OCH3 is 1. The lowest BCUT2D eigenvalue weighted by molar-refractivity contribution is -0.141. The lowest BCUT2D eigenvalue weighted by Crippen LogP contribution is -2.41. The van der Waals surface area contributed by atoms with Crippen LogP contribution in [0.5, 0.6) is 5.75 Å². The van der Waals surface area contributed by atoms with Crippen molar-refractivity contribution in [1.82, 2.24) is 10.6 Å². The number of carbonyl (C=O) groups excluding carboxylic acids is 3. The van der Waals surface area contributed by atoms with Crippen molar-refractivity contribution < 1.29 is 41.8 Å². The second-order valence-corrected chi connectivity index (χ2v) is 6.82. The summed E-state index contributed by atoms with van der Waals surface area (Å²) in [6, 6.07) is 1.96. The highest BCUT2D eigenvalue weighted by molar-refractivity contribution is 5.83. The van der Waals surface area contributed by atoms with Gasteiger partial charge in [-0.05, 0) is 38.5 Å². The van der Waals surface area contributed by atoms with Gasteiger partial charge in [-0.25, -0.2) is 9.18 Å². The van der Waals surface area contributed by atoms with Crippen molar-refractivity contribution in [1.29, 1.82) is 0 Å². The van der Waals surface area contributed by atoms with Crippen LogP contribution in [0.3, 0.4) is 0 Å². The molecule has 29 heavy (non-hydrogen) atoms. The largest absolute Gasteiger partial charge is 0.469 e. The number of alkyl halides is 2. The Hall–Kier alpha value is -2.98. The van der Waals surface area contributed by atoms with Gasteiger partial charge in [0.1, 0.15) is 12.1 Å². The van der Waals surface area contributed by atoms with Crippen LogP contribution in [-0.4, -0.2) is 43.8 Å². The highest BCUT2D eigenvalue weighted by Crippen LogP contribution is 2.26. The predicted molar refractivity (Wildman–Crippen MR) is 94.8 cm³/mol. The quantitative estimate of drug-likeness (QED) is 0.627. The van der Waals surface area contributed by atoms with E-state index in [2.05, 4.69) is 20.1 Å². The summed E-state index contributed by atoms with van der Waals surface area (Å²) in [5, 5.41) is 4.68. The number of amides is 2. The smallest absolute Gasteiger partial charge is 0.408 e. The van der Waals surface area contributed by atoms with E-state index >= 15 is 0 Å². The standard InChI is InChI=1S/C18H23F3N2O6/c1-18(2,3)29-17(26)22-9-14(24)23-12(8-15(25)27-4)10-5-6-11(19)13(7-10)28-16(20)21/h5-7,12,16H,8-9H2,1-4H3,(H,22,26)(H,23,24)/t12-/m0/s1. The monoisotopic (exact) mass is 420 g/mol. The van der Waals surface area contributed by atoms with Gasteiger partial charge in [-0.3, -0.25) is 9.59 Å². The first kappa shape index (κ1) is 24.1. The van der Waals surface area contributed by atoms with Crippen LogP contribution in [-0.2, 0) is 19.1 Å². The molecule has 2 amide bonds. The second kappa shape index (κ2) is 10.5. The lowest BCUT2D eigenvalue weighted by atomic mass is 10.0. The van der Waals surface area contributed by atoms with E-state index in [-0.39, 0.29) is 12.0 Å². The Morgan fingerprint density at radius 2 is 1.83 bits per heavy atom. The molecule has 0 aliphatic rings. The van der Waals surface area contributed by atoms with Gasteiger partial charge in [0.2, 0.25) is 5.91 Å². The molecule has 0 fully saturated rings. The van der Waals surface area contributed by atoms with Gasteiger partial charge in [0.25, 0.3) is 0 Å². The van der Waals surface area contributed by atoms with Crippen molar-refractivity contribution in [2.45, 2.75) is 45.4 Å². The molecule has 1 atom stereocenters. The molecule has 0 aliphatic heterocycles. The molecule has 0 saturated carbocycles. The topological polar surface area (TPSA) is 103 Å². The first-order chi connectivity index (χ1) is 13.4. The average molecular weight is 420 g/mol. The summed E-state index contributed by atoms with van der Waals surface area (Å²) in [4.78, 5) is 35.4. The third-order valence-corrected chi connectivity index (χ3v) is 3.30. The number of rotatable bonds is 8. The Balaban J connectivity index is 2.89. The van der Waals surface area contributed by atoms with Gasteiger partial charge in [-0.2, -0.15) is 8.78 Å². The van der Waals surface area contributed by atoms with Crippen LogP contribution in [0.1, 0.15) is 38.8 Å². The molecule has 0 unspecified atom stereocenters. The average Bonchev–Trinajstić information content (AvgIpc) is 2.59. The summed E-state index contributed by atoms with van der Waals surface area (Å²) in [5.74, 6) is -3.20. The van der Waals surface area contributed by atoms with Crippen LogP contribution in [0.15, 0.2) is 18.2 Å². The van der Waals surface area contributed by atoms with Gasteiger partial charge in [-0.1, -0.05) is 6.07 Å². The van der Waals surface area contributed by atoms with Crippen LogP contribution >= 0.6 is 0 Å². The maximum Gasteiger partial charge on any atom is 0.408 e. The van der Waals surface area contributed by atoms with Crippen molar-refractivity contribution in [2.24, 2.45) is 0 Å². The Kier molecular flexibility index (Phi) is 8.74. The fourth-order valence-corrected chi connectivity index (χ4v) is 2.14.